The van der Waals surface area contributed by atoms with E-state index >= 15 is 0 Å². The van der Waals surface area contributed by atoms with E-state index in [1.165, 1.54) is 0 Å². The Morgan fingerprint density at radius 3 is 2.29 bits per heavy atom. The van der Waals surface area contributed by atoms with E-state index in [9.17, 15) is 19.5 Å². The zero-order valence-electron chi connectivity index (χ0n) is 24.5. The maximum atomic E-state index is 14.7. The Morgan fingerprint density at radius 2 is 1.69 bits per heavy atom. The number of thioether (sulfide) groups is 1. The summed E-state index contributed by atoms with van der Waals surface area (Å²) in [4.78, 5) is 48.8. The molecule has 8 heteroatoms. The van der Waals surface area contributed by atoms with E-state index in [0.717, 1.165) is 17.7 Å². The van der Waals surface area contributed by atoms with Crippen LogP contribution in [0.4, 0.5) is 5.69 Å². The zero-order valence-corrected chi connectivity index (χ0v) is 25.3. The van der Waals surface area contributed by atoms with Gasteiger partial charge in [-0.2, -0.15) is 0 Å². The van der Waals surface area contributed by atoms with Gasteiger partial charge in [-0.3, -0.25) is 14.4 Å². The Kier molecular flexibility index (Phi) is 8.94. The fraction of sp³-hybridized carbons (Fsp3) is 0.441. The molecule has 2 bridgehead atoms. The highest BCUT2D eigenvalue weighted by Crippen LogP contribution is 2.67. The quantitative estimate of drug-likeness (QED) is 0.369. The van der Waals surface area contributed by atoms with Gasteiger partial charge in [-0.1, -0.05) is 74.5 Å². The monoisotopic (exact) mass is 587 g/mol. The maximum Gasteiger partial charge on any atom is 0.247 e. The third-order valence-electron chi connectivity index (χ3n) is 9.09. The van der Waals surface area contributed by atoms with Crippen LogP contribution in [0, 0.1) is 17.8 Å². The first-order chi connectivity index (χ1) is 20.3. The van der Waals surface area contributed by atoms with Crippen molar-refractivity contribution in [1.29, 1.82) is 0 Å². The fourth-order valence-corrected chi connectivity index (χ4v) is 9.43. The molecule has 3 aliphatic heterocycles. The number of hydrogen-bond acceptors (Lipinski definition) is 5. The minimum absolute atomic E-state index is 0.0615. The molecule has 1 spiro atoms. The lowest BCUT2D eigenvalue weighted by molar-refractivity contribution is -0.147. The number of rotatable bonds is 12. The molecular formula is C34H41N3O4S. The minimum Gasteiger partial charge on any atom is -0.394 e. The Morgan fingerprint density at radius 1 is 1.05 bits per heavy atom. The SMILES string of the molecule is C=CCN(Cc1ccccc1)C(=O)C1N([C@@H](CO)C(C)C)C(=O)[C@@H]2[C@@H](C(=O)N(CC=C)c3ccccc3)[C@H]3CCC12S3. The summed E-state index contributed by atoms with van der Waals surface area (Å²) in [6.45, 7) is 12.5. The van der Waals surface area contributed by atoms with E-state index in [1.54, 1.807) is 38.6 Å². The van der Waals surface area contributed by atoms with Crippen LogP contribution in [0.5, 0.6) is 0 Å². The van der Waals surface area contributed by atoms with Crippen LogP contribution in [-0.2, 0) is 20.9 Å². The Balaban J connectivity index is 1.57. The number of aliphatic hydroxyl groups excluding tert-OH is 1. The highest BCUT2D eigenvalue weighted by Gasteiger charge is 2.74. The molecule has 222 valence electrons. The van der Waals surface area contributed by atoms with Gasteiger partial charge in [0, 0.05) is 30.6 Å². The smallest absolute Gasteiger partial charge is 0.247 e. The molecule has 2 aromatic rings. The topological polar surface area (TPSA) is 81.2 Å². The first-order valence-electron chi connectivity index (χ1n) is 14.8. The predicted octanol–water partition coefficient (Wildman–Crippen LogP) is 4.53. The third-order valence-corrected chi connectivity index (χ3v) is 11.0. The van der Waals surface area contributed by atoms with Crippen molar-refractivity contribution in [1.82, 2.24) is 9.80 Å². The normalized spacial score (nSPS) is 26.7. The molecule has 7 nitrogen and oxygen atoms in total. The zero-order chi connectivity index (χ0) is 30.0. The average molecular weight is 588 g/mol. The summed E-state index contributed by atoms with van der Waals surface area (Å²) in [5.41, 5.74) is 1.74. The van der Waals surface area contributed by atoms with Gasteiger partial charge in [-0.05, 0) is 36.5 Å². The van der Waals surface area contributed by atoms with Gasteiger partial charge in [-0.15, -0.1) is 24.9 Å². The molecule has 0 aromatic heterocycles. The number of anilines is 1. The number of aliphatic hydroxyl groups is 1. The van der Waals surface area contributed by atoms with Gasteiger partial charge < -0.3 is 19.8 Å². The summed E-state index contributed by atoms with van der Waals surface area (Å²) in [5, 5.41) is 10.5. The maximum absolute atomic E-state index is 14.7. The Bertz CT molecular complexity index is 1320. The standard InChI is InChI=1S/C34H41N3O4S/c1-5-19-35(21-24-13-9-7-10-14-24)33(41)30-34-18-17-27(42-34)28(29(34)32(40)37(30)26(22-38)23(3)4)31(39)36(20-6-2)25-15-11-8-12-16-25/h5-16,23,26-30,38H,1-2,17-22H2,3-4H3/t26-,27+,28-,29-,30?,34?/m0/s1. The van der Waals surface area contributed by atoms with E-state index in [1.807, 2.05) is 74.5 Å². The Labute approximate surface area is 253 Å². The number of hydrogen-bond donors (Lipinski definition) is 1. The van der Waals surface area contributed by atoms with E-state index in [-0.39, 0.29) is 35.5 Å². The van der Waals surface area contributed by atoms with Crippen molar-refractivity contribution in [2.45, 2.75) is 55.3 Å². The van der Waals surface area contributed by atoms with Crippen molar-refractivity contribution >= 4 is 35.2 Å². The van der Waals surface area contributed by atoms with Gasteiger partial charge in [0.1, 0.15) is 6.04 Å². The molecule has 3 aliphatic rings. The van der Waals surface area contributed by atoms with Crippen molar-refractivity contribution < 1.29 is 19.5 Å². The summed E-state index contributed by atoms with van der Waals surface area (Å²) < 4.78 is -0.742. The van der Waals surface area contributed by atoms with Gasteiger partial charge in [0.25, 0.3) is 0 Å². The van der Waals surface area contributed by atoms with Crippen molar-refractivity contribution in [3.8, 4) is 0 Å². The van der Waals surface area contributed by atoms with Crippen molar-refractivity contribution in [2.75, 3.05) is 24.6 Å². The molecular weight excluding hydrogens is 546 g/mol. The van der Waals surface area contributed by atoms with Gasteiger partial charge in [-0.25, -0.2) is 0 Å². The summed E-state index contributed by atoms with van der Waals surface area (Å²) in [7, 11) is 0. The number of para-hydroxylation sites is 1. The molecule has 42 heavy (non-hydrogen) atoms. The second-order valence-electron chi connectivity index (χ2n) is 11.9. The Hall–Kier alpha value is -3.36. The number of fused-ring (bicyclic) bond motifs is 1. The van der Waals surface area contributed by atoms with Gasteiger partial charge in [0.05, 0.1) is 29.2 Å². The summed E-state index contributed by atoms with van der Waals surface area (Å²) in [6.07, 6.45) is 4.84. The summed E-state index contributed by atoms with van der Waals surface area (Å²) >= 11 is 1.65. The van der Waals surface area contributed by atoms with E-state index in [0.29, 0.717) is 26.1 Å². The minimum atomic E-state index is -0.782. The molecule has 0 radical (unpaired) electrons. The van der Waals surface area contributed by atoms with Crippen molar-refractivity contribution in [2.24, 2.45) is 17.8 Å². The fourth-order valence-electron chi connectivity index (χ4n) is 7.23. The molecule has 5 rings (SSSR count). The molecule has 2 aromatic carbocycles. The van der Waals surface area contributed by atoms with Crippen LogP contribution in [0.25, 0.3) is 0 Å². The van der Waals surface area contributed by atoms with Crippen LogP contribution in [0.3, 0.4) is 0 Å². The van der Waals surface area contributed by atoms with Crippen molar-refractivity contribution in [3.05, 3.63) is 91.5 Å². The molecule has 2 unspecified atom stereocenters. The molecule has 3 amide bonds. The molecule has 0 aliphatic carbocycles. The lowest BCUT2D eigenvalue weighted by atomic mass is 9.70. The first kappa shape index (κ1) is 30.1. The third kappa shape index (κ3) is 5.09. The summed E-state index contributed by atoms with van der Waals surface area (Å²) in [6, 6.07) is 17.9. The second kappa shape index (κ2) is 12.5. The highest BCUT2D eigenvalue weighted by atomic mass is 32.2. The number of carbonyl (C=O) groups is 3. The molecule has 3 fully saturated rings. The van der Waals surface area contributed by atoms with E-state index < -0.39 is 28.7 Å². The van der Waals surface area contributed by atoms with Crippen LogP contribution in [0.15, 0.2) is 86.0 Å². The molecule has 3 heterocycles. The average Bonchev–Trinajstić information content (AvgIpc) is 3.64. The van der Waals surface area contributed by atoms with Gasteiger partial charge in [0.15, 0.2) is 0 Å². The number of amides is 3. The molecule has 6 atom stereocenters. The van der Waals surface area contributed by atoms with Crippen LogP contribution in [0.1, 0.15) is 32.3 Å². The summed E-state index contributed by atoms with van der Waals surface area (Å²) in [5.74, 6) is -1.74. The van der Waals surface area contributed by atoms with Crippen LogP contribution >= 0.6 is 11.8 Å². The van der Waals surface area contributed by atoms with Crippen molar-refractivity contribution in [3.63, 3.8) is 0 Å². The molecule has 3 saturated heterocycles. The van der Waals surface area contributed by atoms with Crippen LogP contribution < -0.4 is 4.90 Å². The second-order valence-corrected chi connectivity index (χ2v) is 13.5. The number of nitrogens with zero attached hydrogens (tertiary/aromatic N) is 3. The van der Waals surface area contributed by atoms with Gasteiger partial charge in [0.2, 0.25) is 17.7 Å². The van der Waals surface area contributed by atoms with Crippen LogP contribution in [0.2, 0.25) is 0 Å². The highest BCUT2D eigenvalue weighted by molar-refractivity contribution is 8.02. The predicted molar refractivity (Wildman–Crippen MR) is 168 cm³/mol. The lowest BCUT2D eigenvalue weighted by Gasteiger charge is -2.40. The molecule has 1 N–H and O–H groups in total. The first-order valence-corrected chi connectivity index (χ1v) is 15.7. The van der Waals surface area contributed by atoms with E-state index in [4.69, 9.17) is 0 Å². The van der Waals surface area contributed by atoms with Gasteiger partial charge >= 0.3 is 0 Å². The van der Waals surface area contributed by atoms with Crippen LogP contribution in [-0.4, -0.2) is 74.4 Å². The number of likely N-dealkylation sites (tertiary alicyclic amines) is 1. The lowest BCUT2D eigenvalue weighted by Crippen LogP contribution is -2.58. The number of carbonyl (C=O) groups excluding carboxylic acids is 3. The van der Waals surface area contributed by atoms with E-state index in [2.05, 4.69) is 13.2 Å². The number of benzene rings is 2. The molecule has 0 saturated carbocycles. The largest absolute Gasteiger partial charge is 0.394 e.